The molecule has 0 bridgehead atoms. The number of hydrazone groups is 1. The maximum atomic E-state index is 4.11. The molecule has 0 aliphatic carbocycles. The van der Waals surface area contributed by atoms with Crippen molar-refractivity contribution in [2.75, 3.05) is 34.9 Å². The summed E-state index contributed by atoms with van der Waals surface area (Å²) in [5, 5.41) is 4.11. The third-order valence-electron chi connectivity index (χ3n) is 1.28. The zero-order chi connectivity index (χ0) is 8.85. The van der Waals surface area contributed by atoms with Crippen LogP contribution in [0, 0.1) is 0 Å². The average molecular weight is 158 g/mol. The van der Waals surface area contributed by atoms with Crippen LogP contribution in [0.3, 0.4) is 0 Å². The summed E-state index contributed by atoms with van der Waals surface area (Å²) in [5.74, 6) is 0.979. The van der Waals surface area contributed by atoms with Crippen LogP contribution in [0.1, 0.15) is 6.92 Å². The van der Waals surface area contributed by atoms with E-state index in [4.69, 9.17) is 0 Å². The SMILES string of the molecule is CC(=[N+]NCN(C)C)N(C)C. The van der Waals surface area contributed by atoms with Crippen molar-refractivity contribution in [1.82, 2.24) is 20.3 Å². The predicted octanol–water partition coefficient (Wildman–Crippen LogP) is -0.674. The second kappa shape index (κ2) is 4.96. The summed E-state index contributed by atoms with van der Waals surface area (Å²) in [7, 11) is 7.92. The third kappa shape index (κ3) is 5.66. The van der Waals surface area contributed by atoms with Crippen LogP contribution in [0.15, 0.2) is 0 Å². The molecule has 0 rings (SSSR count). The molecule has 11 heavy (non-hydrogen) atoms. The van der Waals surface area contributed by atoms with Crippen molar-refractivity contribution in [2.24, 2.45) is 0 Å². The molecule has 0 unspecified atom stereocenters. The molecule has 0 spiro atoms. The monoisotopic (exact) mass is 158 g/mol. The van der Waals surface area contributed by atoms with Crippen LogP contribution in [0.5, 0.6) is 0 Å². The van der Waals surface area contributed by atoms with Gasteiger partial charge >= 0.3 is 5.84 Å². The number of hydrogen-bond acceptors (Lipinski definition) is 3. The Hall–Kier alpha value is -0.770. The van der Waals surface area contributed by atoms with E-state index in [9.17, 15) is 0 Å². The lowest BCUT2D eigenvalue weighted by Gasteiger charge is -2.05. The summed E-state index contributed by atoms with van der Waals surface area (Å²) in [6.45, 7) is 2.73. The molecular weight excluding hydrogens is 140 g/mol. The van der Waals surface area contributed by atoms with Gasteiger partial charge in [0.15, 0.2) is 0 Å². The number of amidine groups is 1. The topological polar surface area (TPSA) is 32.6 Å². The Morgan fingerprint density at radius 2 is 1.82 bits per heavy atom. The van der Waals surface area contributed by atoms with E-state index in [1.807, 2.05) is 44.9 Å². The summed E-state index contributed by atoms with van der Waals surface area (Å²) < 4.78 is 0. The molecule has 0 atom stereocenters. The Morgan fingerprint density at radius 1 is 1.27 bits per heavy atom. The van der Waals surface area contributed by atoms with Crippen molar-refractivity contribution in [3.05, 3.63) is 0 Å². The molecule has 0 saturated heterocycles. The standard InChI is InChI=1S/C7H18N4/c1-7(11(4)5)9-8-6-10(2)3/h8H,6H2,1-5H3/q+1. The average Bonchev–Trinajstić information content (AvgIpc) is 1.86. The molecule has 1 radical (unpaired) electrons. The number of rotatable bonds is 3. The molecule has 4 nitrogen and oxygen atoms in total. The van der Waals surface area contributed by atoms with Crippen molar-refractivity contribution < 1.29 is 0 Å². The number of hydrogen-bond donors (Lipinski definition) is 1. The maximum absolute atomic E-state index is 4.11. The van der Waals surface area contributed by atoms with Crippen LogP contribution in [-0.2, 0) is 0 Å². The zero-order valence-electron chi connectivity index (χ0n) is 8.05. The van der Waals surface area contributed by atoms with Crippen molar-refractivity contribution in [3.63, 3.8) is 0 Å². The summed E-state index contributed by atoms with van der Waals surface area (Å²) >= 11 is 0. The lowest BCUT2D eigenvalue weighted by Crippen LogP contribution is -2.35. The fraction of sp³-hybridized carbons (Fsp3) is 0.857. The lowest BCUT2D eigenvalue weighted by molar-refractivity contribution is 0.359. The van der Waals surface area contributed by atoms with E-state index in [0.29, 0.717) is 0 Å². The smallest absolute Gasteiger partial charge is 0.290 e. The fourth-order valence-corrected chi connectivity index (χ4v) is 0.391. The normalized spacial score (nSPS) is 12.0. The Morgan fingerprint density at radius 3 is 2.18 bits per heavy atom. The Balaban J connectivity index is 3.57. The molecule has 0 aliphatic rings. The van der Waals surface area contributed by atoms with Crippen LogP contribution >= 0.6 is 0 Å². The van der Waals surface area contributed by atoms with Crippen LogP contribution in [0.2, 0.25) is 0 Å². The second-order valence-corrected chi connectivity index (χ2v) is 2.95. The Labute approximate surface area is 68.9 Å². The Kier molecular flexibility index (Phi) is 4.61. The van der Waals surface area contributed by atoms with Crippen LogP contribution in [0.25, 0.3) is 0 Å². The van der Waals surface area contributed by atoms with Gasteiger partial charge in [-0.05, 0) is 14.1 Å². The van der Waals surface area contributed by atoms with Crippen LogP contribution < -0.4 is 10.5 Å². The first-order valence-corrected chi connectivity index (χ1v) is 3.63. The largest absolute Gasteiger partial charge is 0.315 e. The van der Waals surface area contributed by atoms with Gasteiger partial charge in [-0.15, -0.1) is 0 Å². The van der Waals surface area contributed by atoms with Gasteiger partial charge in [-0.2, -0.15) is 0 Å². The highest BCUT2D eigenvalue weighted by atomic mass is 15.4. The first kappa shape index (κ1) is 10.2. The molecule has 0 aliphatic heterocycles. The van der Waals surface area contributed by atoms with E-state index in [1.54, 1.807) is 0 Å². The molecule has 0 amide bonds. The molecule has 1 N–H and O–H groups in total. The summed E-state index contributed by atoms with van der Waals surface area (Å²) in [4.78, 5) is 3.98. The second-order valence-electron chi connectivity index (χ2n) is 2.95. The van der Waals surface area contributed by atoms with Crippen molar-refractivity contribution in [3.8, 4) is 0 Å². The van der Waals surface area contributed by atoms with E-state index in [0.717, 1.165) is 12.5 Å². The zero-order valence-corrected chi connectivity index (χ0v) is 8.05. The predicted molar refractivity (Wildman–Crippen MR) is 48.2 cm³/mol. The van der Waals surface area contributed by atoms with Gasteiger partial charge in [0.05, 0.1) is 14.1 Å². The summed E-state index contributed by atoms with van der Waals surface area (Å²) in [6, 6.07) is 0. The minimum atomic E-state index is 0.769. The van der Waals surface area contributed by atoms with E-state index >= 15 is 0 Å². The minimum absolute atomic E-state index is 0.769. The molecule has 4 heteroatoms. The Bertz CT molecular complexity index is 128. The molecule has 0 aromatic carbocycles. The third-order valence-corrected chi connectivity index (χ3v) is 1.28. The molecule has 0 fully saturated rings. The van der Waals surface area contributed by atoms with Gasteiger partial charge in [-0.3, -0.25) is 9.80 Å². The van der Waals surface area contributed by atoms with E-state index < -0.39 is 0 Å². The molecular formula is C7H18N4+. The van der Waals surface area contributed by atoms with Crippen LogP contribution in [0.4, 0.5) is 0 Å². The van der Waals surface area contributed by atoms with E-state index in [-0.39, 0.29) is 0 Å². The van der Waals surface area contributed by atoms with Crippen LogP contribution in [-0.4, -0.2) is 50.5 Å². The van der Waals surface area contributed by atoms with Crippen molar-refractivity contribution in [1.29, 1.82) is 0 Å². The van der Waals surface area contributed by atoms with Crippen molar-refractivity contribution in [2.45, 2.75) is 6.92 Å². The van der Waals surface area contributed by atoms with Gasteiger partial charge in [-0.25, -0.2) is 5.43 Å². The first-order chi connectivity index (χ1) is 5.04. The molecule has 0 aromatic rings. The summed E-state index contributed by atoms with van der Waals surface area (Å²) in [5.41, 5.74) is 2.94. The number of nitrogens with one attached hydrogen (secondary N) is 1. The van der Waals surface area contributed by atoms with Gasteiger partial charge in [0.1, 0.15) is 6.67 Å². The minimum Gasteiger partial charge on any atom is -0.290 e. The fourth-order valence-electron chi connectivity index (χ4n) is 0.391. The molecule has 0 saturated carbocycles. The maximum Gasteiger partial charge on any atom is 0.315 e. The van der Waals surface area contributed by atoms with Gasteiger partial charge < -0.3 is 0 Å². The quantitative estimate of drug-likeness (QED) is 0.256. The van der Waals surface area contributed by atoms with E-state index in [2.05, 4.69) is 10.5 Å². The number of nitrogens with zero attached hydrogens (tertiary/aromatic N) is 3. The van der Waals surface area contributed by atoms with Crippen molar-refractivity contribution >= 4 is 5.84 Å². The highest BCUT2D eigenvalue weighted by Gasteiger charge is 2.02. The van der Waals surface area contributed by atoms with Gasteiger partial charge in [0.25, 0.3) is 0 Å². The molecule has 0 heterocycles. The van der Waals surface area contributed by atoms with E-state index in [1.165, 1.54) is 0 Å². The van der Waals surface area contributed by atoms with Gasteiger partial charge in [0.2, 0.25) is 0 Å². The van der Waals surface area contributed by atoms with Gasteiger partial charge in [0, 0.05) is 12.0 Å². The summed E-state index contributed by atoms with van der Waals surface area (Å²) in [6.07, 6.45) is 0. The highest BCUT2D eigenvalue weighted by molar-refractivity contribution is 5.77. The lowest BCUT2D eigenvalue weighted by atomic mass is 10.6. The molecule has 0 aromatic heterocycles. The van der Waals surface area contributed by atoms with Gasteiger partial charge in [-0.1, -0.05) is 0 Å². The first-order valence-electron chi connectivity index (χ1n) is 3.63. The highest BCUT2D eigenvalue weighted by Crippen LogP contribution is 1.72. The molecule has 65 valence electrons.